The predicted octanol–water partition coefficient (Wildman–Crippen LogP) is 4.20. The van der Waals surface area contributed by atoms with Gasteiger partial charge in [-0.05, 0) is 43.7 Å². The lowest BCUT2D eigenvalue weighted by molar-refractivity contribution is -0.143. The number of amides is 2. The fraction of sp³-hybridized carbons (Fsp3) is 0.381. The molecule has 6 nitrogen and oxygen atoms in total. The van der Waals surface area contributed by atoms with E-state index in [-0.39, 0.29) is 23.7 Å². The normalized spacial score (nSPS) is 18.8. The van der Waals surface area contributed by atoms with Crippen LogP contribution in [-0.4, -0.2) is 29.4 Å². The Morgan fingerprint density at radius 3 is 2.38 bits per heavy atom. The highest BCUT2D eigenvalue weighted by molar-refractivity contribution is 7.20. The van der Waals surface area contributed by atoms with E-state index < -0.39 is 5.97 Å². The molecule has 8 heteroatoms. The maximum absolute atomic E-state index is 12.6. The summed E-state index contributed by atoms with van der Waals surface area (Å²) < 4.78 is 0.420. The molecule has 29 heavy (non-hydrogen) atoms. The van der Waals surface area contributed by atoms with Gasteiger partial charge in [-0.1, -0.05) is 41.9 Å². The van der Waals surface area contributed by atoms with Crippen molar-refractivity contribution in [3.63, 3.8) is 0 Å². The molecule has 1 aromatic heterocycles. The zero-order valence-corrected chi connectivity index (χ0v) is 17.4. The molecule has 0 aliphatic heterocycles. The minimum atomic E-state index is -0.802. The van der Waals surface area contributed by atoms with Gasteiger partial charge in [-0.25, -0.2) is 0 Å². The molecule has 0 radical (unpaired) electrons. The average Bonchev–Trinajstić information content (AvgIpc) is 3.09. The van der Waals surface area contributed by atoms with Crippen LogP contribution in [0.3, 0.4) is 0 Å². The Labute approximate surface area is 178 Å². The fourth-order valence-electron chi connectivity index (χ4n) is 3.50. The zero-order valence-electron chi connectivity index (χ0n) is 15.8. The van der Waals surface area contributed by atoms with Crippen LogP contribution in [0.2, 0.25) is 4.34 Å². The third-order valence-corrected chi connectivity index (χ3v) is 6.35. The molecule has 2 aromatic rings. The third-order valence-electron chi connectivity index (χ3n) is 5.17. The van der Waals surface area contributed by atoms with Crippen LogP contribution in [-0.2, 0) is 16.0 Å². The number of rotatable bonds is 7. The number of carbonyl (C=O) groups is 3. The van der Waals surface area contributed by atoms with Crippen LogP contribution in [0.25, 0.3) is 0 Å². The number of carboxylic acids is 1. The Balaban J connectivity index is 1.56. The monoisotopic (exact) mass is 434 g/mol. The van der Waals surface area contributed by atoms with Crippen LogP contribution >= 0.6 is 22.9 Å². The van der Waals surface area contributed by atoms with Gasteiger partial charge in [0, 0.05) is 12.5 Å². The molecule has 2 amide bonds. The summed E-state index contributed by atoms with van der Waals surface area (Å²) in [6, 6.07) is 11.4. The second-order valence-electron chi connectivity index (χ2n) is 7.16. The van der Waals surface area contributed by atoms with Crippen molar-refractivity contribution < 1.29 is 19.5 Å². The molecule has 0 unspecified atom stereocenters. The SMILES string of the molecule is O=C(NCCc1ccccc1)c1cc(Cl)sc1NC(=O)C1CCC(C(=O)O)CC1. The molecule has 0 spiro atoms. The molecule has 3 N–H and O–H groups in total. The van der Waals surface area contributed by atoms with Crippen molar-refractivity contribution in [2.45, 2.75) is 32.1 Å². The van der Waals surface area contributed by atoms with E-state index in [4.69, 9.17) is 16.7 Å². The Hall–Kier alpha value is -2.38. The van der Waals surface area contributed by atoms with Gasteiger partial charge in [0.15, 0.2) is 0 Å². The molecular formula is C21H23ClN2O4S. The summed E-state index contributed by atoms with van der Waals surface area (Å²) in [5, 5.41) is 15.2. The first-order chi connectivity index (χ1) is 13.9. The first-order valence-corrected chi connectivity index (χ1v) is 10.8. The van der Waals surface area contributed by atoms with Gasteiger partial charge in [0.2, 0.25) is 5.91 Å². The second kappa shape index (κ2) is 9.89. The van der Waals surface area contributed by atoms with Crippen molar-refractivity contribution in [1.29, 1.82) is 0 Å². The fourth-order valence-corrected chi connectivity index (χ4v) is 4.62. The molecular weight excluding hydrogens is 412 g/mol. The number of nitrogens with one attached hydrogen (secondary N) is 2. The highest BCUT2D eigenvalue weighted by Crippen LogP contribution is 2.34. The van der Waals surface area contributed by atoms with Gasteiger partial charge in [0.05, 0.1) is 15.8 Å². The first kappa shape index (κ1) is 21.3. The van der Waals surface area contributed by atoms with Crippen LogP contribution in [0.1, 0.15) is 41.6 Å². The number of anilines is 1. The van der Waals surface area contributed by atoms with E-state index in [1.54, 1.807) is 6.07 Å². The highest BCUT2D eigenvalue weighted by Gasteiger charge is 2.30. The number of hydrogen-bond donors (Lipinski definition) is 3. The van der Waals surface area contributed by atoms with Gasteiger partial charge in [-0.2, -0.15) is 0 Å². The molecule has 1 aliphatic carbocycles. The van der Waals surface area contributed by atoms with E-state index >= 15 is 0 Å². The van der Waals surface area contributed by atoms with Gasteiger partial charge in [-0.3, -0.25) is 14.4 Å². The van der Waals surface area contributed by atoms with Crippen LogP contribution in [0.15, 0.2) is 36.4 Å². The van der Waals surface area contributed by atoms with Crippen molar-refractivity contribution in [1.82, 2.24) is 5.32 Å². The topological polar surface area (TPSA) is 95.5 Å². The van der Waals surface area contributed by atoms with Crippen LogP contribution < -0.4 is 10.6 Å². The lowest BCUT2D eigenvalue weighted by Crippen LogP contribution is -2.30. The molecule has 3 rings (SSSR count). The molecule has 0 saturated heterocycles. The average molecular weight is 435 g/mol. The summed E-state index contributed by atoms with van der Waals surface area (Å²) in [5.41, 5.74) is 1.47. The Kier molecular flexibility index (Phi) is 7.28. The van der Waals surface area contributed by atoms with Crippen molar-refractivity contribution in [2.75, 3.05) is 11.9 Å². The van der Waals surface area contributed by atoms with E-state index in [1.807, 2.05) is 30.3 Å². The number of halogens is 1. The molecule has 1 saturated carbocycles. The van der Waals surface area contributed by atoms with Crippen LogP contribution in [0, 0.1) is 11.8 Å². The highest BCUT2D eigenvalue weighted by atomic mass is 35.5. The van der Waals surface area contributed by atoms with Gasteiger partial charge in [0.1, 0.15) is 5.00 Å². The molecule has 1 fully saturated rings. The number of carbonyl (C=O) groups excluding carboxylic acids is 2. The Bertz CT molecular complexity index is 876. The first-order valence-electron chi connectivity index (χ1n) is 9.59. The van der Waals surface area contributed by atoms with Crippen molar-refractivity contribution in [3.8, 4) is 0 Å². The summed E-state index contributed by atoms with van der Waals surface area (Å²) in [4.78, 5) is 36.2. The molecule has 1 aliphatic rings. The molecule has 1 heterocycles. The standard InChI is InChI=1S/C21H23ClN2O4S/c22-17-12-16(19(26)23-11-10-13-4-2-1-3-5-13)20(29-17)24-18(25)14-6-8-15(9-7-14)21(27)28/h1-5,12,14-15H,6-11H2,(H,23,26)(H,24,25)(H,27,28). The minimum absolute atomic E-state index is 0.189. The smallest absolute Gasteiger partial charge is 0.306 e. The Morgan fingerprint density at radius 2 is 1.72 bits per heavy atom. The lowest BCUT2D eigenvalue weighted by atomic mass is 9.81. The maximum Gasteiger partial charge on any atom is 0.306 e. The van der Waals surface area contributed by atoms with Gasteiger partial charge in [-0.15, -0.1) is 11.3 Å². The number of hydrogen-bond acceptors (Lipinski definition) is 4. The van der Waals surface area contributed by atoms with Gasteiger partial charge < -0.3 is 15.7 Å². The van der Waals surface area contributed by atoms with Gasteiger partial charge in [0.25, 0.3) is 5.91 Å². The molecule has 154 valence electrons. The van der Waals surface area contributed by atoms with Crippen LogP contribution in [0.5, 0.6) is 0 Å². The Morgan fingerprint density at radius 1 is 1.07 bits per heavy atom. The van der Waals surface area contributed by atoms with Crippen LogP contribution in [0.4, 0.5) is 5.00 Å². The largest absolute Gasteiger partial charge is 0.481 e. The molecule has 0 bridgehead atoms. The lowest BCUT2D eigenvalue weighted by Gasteiger charge is -2.25. The van der Waals surface area contributed by atoms with Gasteiger partial charge >= 0.3 is 5.97 Å². The second-order valence-corrected chi connectivity index (χ2v) is 8.84. The van der Waals surface area contributed by atoms with E-state index in [0.717, 1.165) is 16.9 Å². The van der Waals surface area contributed by atoms with Crippen molar-refractivity contribution >= 4 is 45.7 Å². The van der Waals surface area contributed by atoms with Crippen molar-refractivity contribution in [2.24, 2.45) is 11.8 Å². The van der Waals surface area contributed by atoms with E-state index in [1.165, 1.54) is 0 Å². The number of aliphatic carboxylic acids is 1. The number of thiophene rings is 1. The quantitative estimate of drug-likeness (QED) is 0.608. The summed E-state index contributed by atoms with van der Waals surface area (Å²) in [5.74, 6) is -1.90. The summed E-state index contributed by atoms with van der Waals surface area (Å²) in [6.07, 6.45) is 2.75. The molecule has 1 aromatic carbocycles. The molecule has 0 atom stereocenters. The van der Waals surface area contributed by atoms with E-state index in [0.29, 0.717) is 53.5 Å². The zero-order chi connectivity index (χ0) is 20.8. The number of benzene rings is 1. The summed E-state index contributed by atoms with van der Waals surface area (Å²) in [7, 11) is 0. The number of carboxylic acid groups (broad SMARTS) is 1. The summed E-state index contributed by atoms with van der Waals surface area (Å²) >= 11 is 7.23. The van der Waals surface area contributed by atoms with E-state index in [9.17, 15) is 14.4 Å². The minimum Gasteiger partial charge on any atom is -0.481 e. The summed E-state index contributed by atoms with van der Waals surface area (Å²) in [6.45, 7) is 0.475. The third kappa shape index (κ3) is 5.81. The van der Waals surface area contributed by atoms with Crippen molar-refractivity contribution in [3.05, 3.63) is 51.9 Å². The maximum atomic E-state index is 12.6. The predicted molar refractivity (Wildman–Crippen MR) is 114 cm³/mol. The van der Waals surface area contributed by atoms with E-state index in [2.05, 4.69) is 10.6 Å².